The molecule has 2 fully saturated rings. The Bertz CT molecular complexity index is 327. The molecule has 3 N–H and O–H groups in total. The van der Waals surface area contributed by atoms with Crippen LogP contribution in [0.4, 0.5) is 0 Å². The van der Waals surface area contributed by atoms with Crippen molar-refractivity contribution in [1.29, 1.82) is 0 Å². The molecular formula is C16H29NO5. The van der Waals surface area contributed by atoms with Crippen LogP contribution in [0.5, 0.6) is 0 Å². The Labute approximate surface area is 132 Å². The van der Waals surface area contributed by atoms with Crippen LogP contribution in [0, 0.1) is 0 Å². The number of ether oxygens (including phenoxy) is 1. The van der Waals surface area contributed by atoms with E-state index in [1.165, 1.54) is 64.2 Å². The molecule has 6 nitrogen and oxygen atoms in total. The maximum Gasteiger partial charge on any atom is 0.414 e. The van der Waals surface area contributed by atoms with E-state index in [1.807, 2.05) is 7.11 Å². The van der Waals surface area contributed by atoms with Crippen LogP contribution in [0.3, 0.4) is 0 Å². The van der Waals surface area contributed by atoms with Crippen molar-refractivity contribution in [2.75, 3.05) is 7.11 Å². The molecule has 0 radical (unpaired) electrons. The summed E-state index contributed by atoms with van der Waals surface area (Å²) in [5.74, 6) is -3.65. The lowest BCUT2D eigenvalue weighted by Crippen LogP contribution is -2.47. The highest BCUT2D eigenvalue weighted by atomic mass is 16.5. The summed E-state index contributed by atoms with van der Waals surface area (Å²) >= 11 is 0. The number of hydrogen-bond acceptors (Lipinski definition) is 4. The van der Waals surface area contributed by atoms with Gasteiger partial charge in [0, 0.05) is 19.2 Å². The SMILES string of the molecule is COC1CCCCC1NC1CCCCCC1.O=C(O)C(=O)O. The number of aliphatic carboxylic acids is 2. The summed E-state index contributed by atoms with van der Waals surface area (Å²) in [5.41, 5.74) is 0. The fourth-order valence-electron chi connectivity index (χ4n) is 3.32. The van der Waals surface area contributed by atoms with Crippen molar-refractivity contribution in [3.05, 3.63) is 0 Å². The van der Waals surface area contributed by atoms with Gasteiger partial charge in [0.2, 0.25) is 0 Å². The Morgan fingerprint density at radius 3 is 1.86 bits per heavy atom. The Kier molecular flexibility index (Phi) is 9.08. The van der Waals surface area contributed by atoms with Crippen LogP contribution in [-0.2, 0) is 14.3 Å². The van der Waals surface area contributed by atoms with Crippen LogP contribution < -0.4 is 5.32 Å². The Morgan fingerprint density at radius 1 is 0.864 bits per heavy atom. The first-order chi connectivity index (χ1) is 10.5. The number of hydrogen-bond donors (Lipinski definition) is 3. The number of rotatable bonds is 3. The Balaban J connectivity index is 0.000000346. The highest BCUT2D eigenvalue weighted by Crippen LogP contribution is 2.24. The molecule has 0 aromatic rings. The van der Waals surface area contributed by atoms with E-state index < -0.39 is 11.9 Å². The zero-order valence-corrected chi connectivity index (χ0v) is 13.4. The van der Waals surface area contributed by atoms with Crippen LogP contribution in [0.25, 0.3) is 0 Å². The molecule has 0 spiro atoms. The lowest BCUT2D eigenvalue weighted by Gasteiger charge is -2.34. The van der Waals surface area contributed by atoms with Gasteiger partial charge in [-0.25, -0.2) is 9.59 Å². The molecule has 6 heteroatoms. The number of nitrogens with one attached hydrogen (secondary N) is 1. The molecule has 0 aromatic carbocycles. The lowest BCUT2D eigenvalue weighted by molar-refractivity contribution is -0.159. The van der Waals surface area contributed by atoms with Gasteiger partial charge in [-0.3, -0.25) is 0 Å². The first-order valence-electron chi connectivity index (χ1n) is 8.29. The Hall–Kier alpha value is -1.14. The molecule has 0 aliphatic heterocycles. The number of carboxylic acid groups (broad SMARTS) is 2. The molecule has 0 heterocycles. The second-order valence-corrected chi connectivity index (χ2v) is 6.13. The van der Waals surface area contributed by atoms with Crippen LogP contribution in [0.2, 0.25) is 0 Å². The first kappa shape index (κ1) is 18.9. The zero-order chi connectivity index (χ0) is 16.4. The predicted molar refractivity (Wildman–Crippen MR) is 83.0 cm³/mol. The van der Waals surface area contributed by atoms with Crippen molar-refractivity contribution in [2.45, 2.75) is 82.4 Å². The largest absolute Gasteiger partial charge is 0.473 e. The fraction of sp³-hybridized carbons (Fsp3) is 0.875. The van der Waals surface area contributed by atoms with E-state index >= 15 is 0 Å². The highest BCUT2D eigenvalue weighted by Gasteiger charge is 2.26. The zero-order valence-electron chi connectivity index (χ0n) is 13.4. The monoisotopic (exact) mass is 315 g/mol. The fourth-order valence-corrected chi connectivity index (χ4v) is 3.32. The van der Waals surface area contributed by atoms with Crippen LogP contribution in [0.1, 0.15) is 64.2 Å². The number of carboxylic acids is 2. The summed E-state index contributed by atoms with van der Waals surface area (Å²) in [6, 6.07) is 1.39. The number of carbonyl (C=O) groups is 2. The van der Waals surface area contributed by atoms with Gasteiger partial charge in [-0.1, -0.05) is 38.5 Å². The van der Waals surface area contributed by atoms with E-state index in [-0.39, 0.29) is 0 Å². The molecule has 2 atom stereocenters. The van der Waals surface area contributed by atoms with Gasteiger partial charge in [-0.2, -0.15) is 0 Å². The molecule has 2 aliphatic rings. The van der Waals surface area contributed by atoms with Gasteiger partial charge in [-0.15, -0.1) is 0 Å². The van der Waals surface area contributed by atoms with Crippen molar-refractivity contribution in [3.63, 3.8) is 0 Å². The summed E-state index contributed by atoms with van der Waals surface area (Å²) in [6.07, 6.45) is 14.2. The third kappa shape index (κ3) is 7.22. The standard InChI is InChI=1S/C14H27NO.C2H2O4/c1-16-14-11-7-6-10-13(14)15-12-8-4-2-3-5-9-12;3-1(4)2(5)6/h12-15H,2-11H2,1H3;(H,3,4)(H,5,6). The molecule has 22 heavy (non-hydrogen) atoms. The minimum Gasteiger partial charge on any atom is -0.473 e. The van der Waals surface area contributed by atoms with Crippen LogP contribution in [-0.4, -0.2) is 47.4 Å². The molecule has 2 aliphatic carbocycles. The second kappa shape index (κ2) is 10.6. The van der Waals surface area contributed by atoms with Gasteiger partial charge >= 0.3 is 11.9 Å². The van der Waals surface area contributed by atoms with E-state index in [1.54, 1.807) is 0 Å². The number of methoxy groups -OCH3 is 1. The lowest BCUT2D eigenvalue weighted by atomic mass is 9.91. The quantitative estimate of drug-likeness (QED) is 0.547. The second-order valence-electron chi connectivity index (χ2n) is 6.13. The van der Waals surface area contributed by atoms with Crippen molar-refractivity contribution < 1.29 is 24.5 Å². The highest BCUT2D eigenvalue weighted by molar-refractivity contribution is 6.27. The third-order valence-electron chi connectivity index (χ3n) is 4.49. The summed E-state index contributed by atoms with van der Waals surface area (Å²) < 4.78 is 5.61. The normalized spacial score (nSPS) is 26.4. The smallest absolute Gasteiger partial charge is 0.414 e. The summed E-state index contributed by atoms with van der Waals surface area (Å²) in [4.78, 5) is 18.2. The van der Waals surface area contributed by atoms with Crippen molar-refractivity contribution >= 4 is 11.9 Å². The van der Waals surface area contributed by atoms with Crippen molar-refractivity contribution in [2.24, 2.45) is 0 Å². The minimum absolute atomic E-state index is 0.469. The minimum atomic E-state index is -1.82. The molecule has 0 aromatic heterocycles. The van der Waals surface area contributed by atoms with Gasteiger partial charge < -0.3 is 20.3 Å². The van der Waals surface area contributed by atoms with E-state index in [0.717, 1.165) is 6.04 Å². The van der Waals surface area contributed by atoms with Gasteiger partial charge in [-0.05, 0) is 25.7 Å². The predicted octanol–water partition coefficient (Wildman–Crippen LogP) is 2.41. The molecule has 2 saturated carbocycles. The molecule has 0 amide bonds. The van der Waals surface area contributed by atoms with Crippen molar-refractivity contribution in [3.8, 4) is 0 Å². The molecule has 2 unspecified atom stereocenters. The van der Waals surface area contributed by atoms with E-state index in [4.69, 9.17) is 24.5 Å². The van der Waals surface area contributed by atoms with Gasteiger partial charge in [0.1, 0.15) is 0 Å². The van der Waals surface area contributed by atoms with E-state index in [0.29, 0.717) is 12.1 Å². The van der Waals surface area contributed by atoms with Gasteiger partial charge in [0.15, 0.2) is 0 Å². The Morgan fingerprint density at radius 2 is 1.36 bits per heavy atom. The third-order valence-corrected chi connectivity index (χ3v) is 4.49. The molecule has 2 rings (SSSR count). The van der Waals surface area contributed by atoms with Crippen molar-refractivity contribution in [1.82, 2.24) is 5.32 Å². The van der Waals surface area contributed by atoms with Gasteiger partial charge in [0.05, 0.1) is 6.10 Å². The molecule has 128 valence electrons. The average molecular weight is 315 g/mol. The maximum atomic E-state index is 9.10. The van der Waals surface area contributed by atoms with E-state index in [9.17, 15) is 0 Å². The molecular weight excluding hydrogens is 286 g/mol. The van der Waals surface area contributed by atoms with Crippen LogP contribution in [0.15, 0.2) is 0 Å². The van der Waals surface area contributed by atoms with E-state index in [2.05, 4.69) is 5.32 Å². The molecule has 0 bridgehead atoms. The topological polar surface area (TPSA) is 95.9 Å². The summed E-state index contributed by atoms with van der Waals surface area (Å²) in [5, 5.41) is 18.7. The summed E-state index contributed by atoms with van der Waals surface area (Å²) in [7, 11) is 1.87. The maximum absolute atomic E-state index is 9.10. The molecule has 0 saturated heterocycles. The van der Waals surface area contributed by atoms with Crippen LogP contribution >= 0.6 is 0 Å². The first-order valence-corrected chi connectivity index (χ1v) is 8.29. The average Bonchev–Trinajstić information content (AvgIpc) is 2.77. The summed E-state index contributed by atoms with van der Waals surface area (Å²) in [6.45, 7) is 0. The van der Waals surface area contributed by atoms with Gasteiger partial charge in [0.25, 0.3) is 0 Å².